The molecule has 1 fully saturated rings. The smallest absolute Gasteiger partial charge is 0.219 e. The molecule has 33 heavy (non-hydrogen) atoms. The summed E-state index contributed by atoms with van der Waals surface area (Å²) in [6.07, 6.45) is 11.0. The Hall–Kier alpha value is -3.22. The lowest BCUT2D eigenvalue weighted by atomic mass is 10.0. The number of carbonyl (C=O) groups is 2. The van der Waals surface area contributed by atoms with Crippen LogP contribution in [0.25, 0.3) is 5.69 Å². The van der Waals surface area contributed by atoms with Crippen molar-refractivity contribution in [2.24, 2.45) is 5.73 Å². The van der Waals surface area contributed by atoms with Crippen molar-refractivity contribution in [1.82, 2.24) is 14.8 Å². The Morgan fingerprint density at radius 1 is 1.27 bits per heavy atom. The van der Waals surface area contributed by atoms with E-state index in [1.807, 2.05) is 56.5 Å². The molecule has 0 spiro atoms. The number of amides is 1. The SMILES string of the molecule is C=C/C=C\C=C/C(C)c1c(C=O)cc(C)n1-c1ccccc1.CN1CCNCC1CC(N)=O. The Morgan fingerprint density at radius 3 is 2.61 bits per heavy atom. The van der Waals surface area contributed by atoms with Gasteiger partial charge in [-0.15, -0.1) is 0 Å². The summed E-state index contributed by atoms with van der Waals surface area (Å²) < 4.78 is 2.15. The number of likely N-dealkylation sites (N-methyl/N-ethyl adjacent to an activating group) is 1. The van der Waals surface area contributed by atoms with E-state index >= 15 is 0 Å². The van der Waals surface area contributed by atoms with Crippen LogP contribution < -0.4 is 11.1 Å². The summed E-state index contributed by atoms with van der Waals surface area (Å²) in [5.74, 6) is -0.0888. The van der Waals surface area contributed by atoms with Crippen LogP contribution in [0.4, 0.5) is 0 Å². The minimum atomic E-state index is -0.217. The maximum atomic E-state index is 11.4. The molecule has 176 valence electrons. The number of aryl methyl sites for hydroxylation is 1. The zero-order valence-corrected chi connectivity index (χ0v) is 19.9. The van der Waals surface area contributed by atoms with Gasteiger partial charge in [0.05, 0.1) is 0 Å². The Morgan fingerprint density at radius 2 is 2.00 bits per heavy atom. The van der Waals surface area contributed by atoms with E-state index < -0.39 is 0 Å². The minimum absolute atomic E-state index is 0.128. The Labute approximate surface area is 197 Å². The summed E-state index contributed by atoms with van der Waals surface area (Å²) in [4.78, 5) is 24.2. The van der Waals surface area contributed by atoms with Crippen molar-refractivity contribution < 1.29 is 9.59 Å². The van der Waals surface area contributed by atoms with Crippen LogP contribution >= 0.6 is 0 Å². The van der Waals surface area contributed by atoms with Gasteiger partial charge in [0.25, 0.3) is 0 Å². The molecule has 2 unspecified atom stereocenters. The molecule has 2 atom stereocenters. The van der Waals surface area contributed by atoms with Crippen molar-refractivity contribution in [2.45, 2.75) is 32.2 Å². The molecule has 3 rings (SSSR count). The molecule has 2 aromatic rings. The normalized spacial score (nSPS) is 17.5. The molecule has 1 aliphatic heterocycles. The van der Waals surface area contributed by atoms with Gasteiger partial charge in [-0.2, -0.15) is 0 Å². The lowest BCUT2D eigenvalue weighted by molar-refractivity contribution is -0.119. The van der Waals surface area contributed by atoms with Crippen molar-refractivity contribution in [3.05, 3.63) is 90.3 Å². The number of primary amides is 1. The molecule has 1 amide bonds. The zero-order chi connectivity index (χ0) is 24.2. The standard InChI is InChI=1S/C20H21NO.C7H15N3O/c1-4-5-6-8-11-16(2)20-18(15-22)14-17(3)21(20)19-12-9-7-10-13-19;1-10-3-2-9-5-6(10)4-7(8)11/h4-16H,1H2,2-3H3;6,9H,2-5H2,1H3,(H2,8,11)/b6-5-,11-8-;. The number of hydrogen-bond donors (Lipinski definition) is 2. The number of nitrogens with one attached hydrogen (secondary N) is 1. The van der Waals surface area contributed by atoms with Crippen molar-refractivity contribution in [3.63, 3.8) is 0 Å². The van der Waals surface area contributed by atoms with Gasteiger partial charge in [0.2, 0.25) is 5.91 Å². The number of rotatable bonds is 8. The summed E-state index contributed by atoms with van der Waals surface area (Å²) in [5, 5.41) is 3.22. The Kier molecular flexibility index (Phi) is 10.5. The van der Waals surface area contributed by atoms with Crippen LogP contribution in [0.5, 0.6) is 0 Å². The third kappa shape index (κ3) is 7.70. The summed E-state index contributed by atoms with van der Waals surface area (Å²) in [6.45, 7) is 10.6. The first kappa shape index (κ1) is 26.0. The molecular formula is C27H36N4O2. The topological polar surface area (TPSA) is 80.4 Å². The molecule has 6 nitrogen and oxygen atoms in total. The molecule has 2 heterocycles. The highest BCUT2D eigenvalue weighted by atomic mass is 16.1. The van der Waals surface area contributed by atoms with Crippen LogP contribution in [0.2, 0.25) is 0 Å². The number of allylic oxidation sites excluding steroid dienone is 5. The van der Waals surface area contributed by atoms with Gasteiger partial charge in [0.15, 0.2) is 6.29 Å². The molecular weight excluding hydrogens is 412 g/mol. The molecule has 0 aliphatic carbocycles. The summed E-state index contributed by atoms with van der Waals surface area (Å²) in [6, 6.07) is 12.4. The number of benzene rings is 1. The van der Waals surface area contributed by atoms with E-state index in [0.29, 0.717) is 12.5 Å². The van der Waals surface area contributed by atoms with E-state index in [-0.39, 0.29) is 11.8 Å². The van der Waals surface area contributed by atoms with E-state index in [9.17, 15) is 9.59 Å². The van der Waals surface area contributed by atoms with Crippen LogP contribution in [-0.4, -0.2) is 54.4 Å². The van der Waals surface area contributed by atoms with E-state index in [1.165, 1.54) is 0 Å². The van der Waals surface area contributed by atoms with Gasteiger partial charge >= 0.3 is 0 Å². The maximum absolute atomic E-state index is 11.4. The summed E-state index contributed by atoms with van der Waals surface area (Å²) in [5.41, 5.74) is 8.98. The van der Waals surface area contributed by atoms with Crippen LogP contribution in [0.1, 0.15) is 41.0 Å². The number of carbonyl (C=O) groups excluding carboxylic acids is 2. The largest absolute Gasteiger partial charge is 0.370 e. The number of piperazine rings is 1. The maximum Gasteiger partial charge on any atom is 0.219 e. The fourth-order valence-electron chi connectivity index (χ4n) is 3.95. The third-order valence-corrected chi connectivity index (χ3v) is 5.67. The van der Waals surface area contributed by atoms with Gasteiger partial charge in [-0.05, 0) is 32.2 Å². The Bertz CT molecular complexity index is 976. The van der Waals surface area contributed by atoms with E-state index in [4.69, 9.17) is 5.73 Å². The number of para-hydroxylation sites is 1. The molecule has 1 aromatic carbocycles. The first-order chi connectivity index (χ1) is 15.9. The van der Waals surface area contributed by atoms with Crippen LogP contribution in [0, 0.1) is 6.92 Å². The molecule has 3 N–H and O–H groups in total. The third-order valence-electron chi connectivity index (χ3n) is 5.67. The number of hydrogen-bond acceptors (Lipinski definition) is 4. The summed E-state index contributed by atoms with van der Waals surface area (Å²) in [7, 11) is 2.02. The molecule has 0 radical (unpaired) electrons. The quantitative estimate of drug-likeness (QED) is 0.476. The van der Waals surface area contributed by atoms with E-state index in [0.717, 1.165) is 48.6 Å². The predicted octanol–water partition coefficient (Wildman–Crippen LogP) is 3.77. The van der Waals surface area contributed by atoms with Gasteiger partial charge in [-0.1, -0.05) is 62.1 Å². The second kappa shape index (κ2) is 13.4. The van der Waals surface area contributed by atoms with Crippen molar-refractivity contribution >= 4 is 12.2 Å². The number of aromatic nitrogens is 1. The second-order valence-corrected chi connectivity index (χ2v) is 8.22. The van der Waals surface area contributed by atoms with Crippen molar-refractivity contribution in [3.8, 4) is 5.69 Å². The Balaban J connectivity index is 0.000000294. The van der Waals surface area contributed by atoms with Crippen LogP contribution in [0.3, 0.4) is 0 Å². The number of nitrogens with zero attached hydrogens (tertiary/aromatic N) is 2. The van der Waals surface area contributed by atoms with Gasteiger partial charge in [0, 0.05) is 60.7 Å². The fraction of sp³-hybridized carbons (Fsp3) is 0.333. The minimum Gasteiger partial charge on any atom is -0.370 e. The predicted molar refractivity (Wildman–Crippen MR) is 136 cm³/mol. The van der Waals surface area contributed by atoms with Crippen LogP contribution in [-0.2, 0) is 4.79 Å². The number of nitrogens with two attached hydrogens (primary N) is 1. The molecule has 1 aliphatic rings. The highest BCUT2D eigenvalue weighted by molar-refractivity contribution is 5.78. The average molecular weight is 449 g/mol. The molecule has 1 aromatic heterocycles. The van der Waals surface area contributed by atoms with Crippen LogP contribution in [0.15, 0.2) is 73.4 Å². The summed E-state index contributed by atoms with van der Waals surface area (Å²) >= 11 is 0. The van der Waals surface area contributed by atoms with Crippen molar-refractivity contribution in [2.75, 3.05) is 26.7 Å². The second-order valence-electron chi connectivity index (χ2n) is 8.22. The number of aldehydes is 1. The monoisotopic (exact) mass is 448 g/mol. The van der Waals surface area contributed by atoms with E-state index in [2.05, 4.69) is 46.5 Å². The fourth-order valence-corrected chi connectivity index (χ4v) is 3.95. The van der Waals surface area contributed by atoms with Gasteiger partial charge in [-0.3, -0.25) is 9.59 Å². The zero-order valence-electron chi connectivity index (χ0n) is 19.9. The van der Waals surface area contributed by atoms with Gasteiger partial charge < -0.3 is 20.5 Å². The highest BCUT2D eigenvalue weighted by Crippen LogP contribution is 2.27. The van der Waals surface area contributed by atoms with E-state index in [1.54, 1.807) is 6.08 Å². The van der Waals surface area contributed by atoms with Gasteiger partial charge in [-0.25, -0.2) is 0 Å². The van der Waals surface area contributed by atoms with Crippen molar-refractivity contribution in [1.29, 1.82) is 0 Å². The molecule has 6 heteroatoms. The molecule has 0 bridgehead atoms. The average Bonchev–Trinajstić information content (AvgIpc) is 3.15. The highest BCUT2D eigenvalue weighted by Gasteiger charge is 2.20. The lowest BCUT2D eigenvalue weighted by Gasteiger charge is -2.32. The molecule has 1 saturated heterocycles. The first-order valence-corrected chi connectivity index (χ1v) is 11.3. The molecule has 0 saturated carbocycles. The lowest BCUT2D eigenvalue weighted by Crippen LogP contribution is -2.50. The van der Waals surface area contributed by atoms with Gasteiger partial charge in [0.1, 0.15) is 0 Å². The first-order valence-electron chi connectivity index (χ1n) is 11.3.